The van der Waals surface area contributed by atoms with Crippen molar-refractivity contribution in [3.8, 4) is 23.3 Å². The molecule has 0 saturated carbocycles. The highest BCUT2D eigenvalue weighted by atomic mass is 32.1. The Labute approximate surface area is 233 Å². The van der Waals surface area contributed by atoms with Gasteiger partial charge < -0.3 is 20.1 Å². The number of aliphatic hydroxyl groups is 1. The summed E-state index contributed by atoms with van der Waals surface area (Å²) in [5, 5.41) is 10.7. The van der Waals surface area contributed by atoms with Crippen LogP contribution in [-0.2, 0) is 0 Å². The molecule has 9 heteroatoms. The number of hydrogen-bond donors (Lipinski definition) is 2. The van der Waals surface area contributed by atoms with Crippen molar-refractivity contribution in [1.29, 1.82) is 0 Å². The summed E-state index contributed by atoms with van der Waals surface area (Å²) < 4.78 is 8.56. The molecule has 0 unspecified atom stereocenters. The van der Waals surface area contributed by atoms with Crippen LogP contribution in [0.15, 0.2) is 42.6 Å². The third-order valence-corrected chi connectivity index (χ3v) is 7.12. The zero-order valence-electron chi connectivity index (χ0n) is 23.0. The number of carbonyl (C=O) groups excluding carboxylic acids is 2. The zero-order chi connectivity index (χ0) is 28.2. The maximum atomic E-state index is 12.6. The van der Waals surface area contributed by atoms with E-state index >= 15 is 0 Å². The Balaban J connectivity index is 0.000000457. The van der Waals surface area contributed by atoms with E-state index < -0.39 is 0 Å². The van der Waals surface area contributed by atoms with Crippen molar-refractivity contribution >= 4 is 44.8 Å². The molecule has 5 rings (SSSR count). The SMILES string of the molecule is CCCC#CCNC(=O)n1c(C)cc2cc(Oc3ccnc4cc(C=O)sc34)ccc21.CN1CCCC1.CO. The van der Waals surface area contributed by atoms with E-state index in [0.29, 0.717) is 22.9 Å². The van der Waals surface area contributed by atoms with Crippen molar-refractivity contribution in [2.45, 2.75) is 39.5 Å². The van der Waals surface area contributed by atoms with Crippen molar-refractivity contribution in [2.75, 3.05) is 33.8 Å². The number of aliphatic hydroxyl groups excluding tert-OH is 1. The van der Waals surface area contributed by atoms with Gasteiger partial charge in [-0.05, 0) is 76.7 Å². The summed E-state index contributed by atoms with van der Waals surface area (Å²) in [6.07, 6.45) is 7.13. The van der Waals surface area contributed by atoms with Crippen LogP contribution in [0.4, 0.5) is 4.79 Å². The number of thiophene rings is 1. The lowest BCUT2D eigenvalue weighted by Crippen LogP contribution is -2.29. The minimum Gasteiger partial charge on any atom is -0.456 e. The minimum atomic E-state index is -0.206. The summed E-state index contributed by atoms with van der Waals surface area (Å²) in [5.74, 6) is 7.27. The molecule has 0 spiro atoms. The maximum absolute atomic E-state index is 12.6. The fourth-order valence-electron chi connectivity index (χ4n) is 4.21. The molecular formula is C30H36N4O4S. The number of likely N-dealkylation sites (tertiary alicyclic amines) is 1. The molecule has 1 aliphatic heterocycles. The molecule has 4 aromatic rings. The van der Waals surface area contributed by atoms with Gasteiger partial charge in [0.05, 0.1) is 27.2 Å². The summed E-state index contributed by atoms with van der Waals surface area (Å²) >= 11 is 1.35. The summed E-state index contributed by atoms with van der Waals surface area (Å²) in [6, 6.07) is 10.9. The topological polar surface area (TPSA) is 96.7 Å². The first-order chi connectivity index (χ1) is 19.0. The molecule has 1 saturated heterocycles. The first-order valence-corrected chi connectivity index (χ1v) is 13.8. The molecule has 0 aliphatic carbocycles. The van der Waals surface area contributed by atoms with Crippen LogP contribution >= 0.6 is 11.3 Å². The lowest BCUT2D eigenvalue weighted by Gasteiger charge is -2.09. The fourth-order valence-corrected chi connectivity index (χ4v) is 5.09. The third-order valence-electron chi connectivity index (χ3n) is 6.06. The molecule has 39 heavy (non-hydrogen) atoms. The van der Waals surface area contributed by atoms with Crippen molar-refractivity contribution in [3.05, 3.63) is 53.2 Å². The Bertz CT molecular complexity index is 1460. The Morgan fingerprint density at radius 1 is 1.18 bits per heavy atom. The average Bonchev–Trinajstić information content (AvgIpc) is 3.68. The van der Waals surface area contributed by atoms with Crippen LogP contribution in [0.25, 0.3) is 21.1 Å². The molecule has 1 aromatic carbocycles. The number of ether oxygens (including phenoxy) is 1. The number of aromatic nitrogens is 2. The largest absolute Gasteiger partial charge is 0.456 e. The third kappa shape index (κ3) is 7.90. The number of carbonyl (C=O) groups is 2. The van der Waals surface area contributed by atoms with E-state index in [4.69, 9.17) is 9.84 Å². The Hall–Kier alpha value is -3.71. The summed E-state index contributed by atoms with van der Waals surface area (Å²) in [6.45, 7) is 6.92. The molecule has 4 heterocycles. The molecule has 1 amide bonds. The summed E-state index contributed by atoms with van der Waals surface area (Å²) in [5.41, 5.74) is 2.35. The maximum Gasteiger partial charge on any atom is 0.327 e. The normalized spacial score (nSPS) is 12.5. The van der Waals surface area contributed by atoms with Gasteiger partial charge in [0.15, 0.2) is 6.29 Å². The molecule has 1 aliphatic rings. The number of benzene rings is 1. The molecule has 2 N–H and O–H groups in total. The van der Waals surface area contributed by atoms with Gasteiger partial charge >= 0.3 is 6.03 Å². The van der Waals surface area contributed by atoms with Crippen LogP contribution in [0.1, 0.15) is 48.0 Å². The Morgan fingerprint density at radius 3 is 2.62 bits per heavy atom. The number of hydrogen-bond acceptors (Lipinski definition) is 7. The molecule has 3 aromatic heterocycles. The summed E-state index contributed by atoms with van der Waals surface area (Å²) in [7, 11) is 3.17. The van der Waals surface area contributed by atoms with Crippen LogP contribution < -0.4 is 10.1 Å². The van der Waals surface area contributed by atoms with Crippen molar-refractivity contribution in [3.63, 3.8) is 0 Å². The highest BCUT2D eigenvalue weighted by Gasteiger charge is 2.14. The van der Waals surface area contributed by atoms with Gasteiger partial charge in [0.2, 0.25) is 0 Å². The first kappa shape index (κ1) is 29.8. The first-order valence-electron chi connectivity index (χ1n) is 13.0. The van der Waals surface area contributed by atoms with Crippen molar-refractivity contribution in [1.82, 2.24) is 19.8 Å². The van der Waals surface area contributed by atoms with Gasteiger partial charge in [0, 0.05) is 36.9 Å². The molecule has 0 radical (unpaired) electrons. The van der Waals surface area contributed by atoms with Crippen LogP contribution in [0.5, 0.6) is 11.5 Å². The highest BCUT2D eigenvalue weighted by molar-refractivity contribution is 7.20. The average molecular weight is 549 g/mol. The second-order valence-electron chi connectivity index (χ2n) is 9.01. The van der Waals surface area contributed by atoms with Crippen LogP contribution in [0, 0.1) is 18.8 Å². The van der Waals surface area contributed by atoms with Crippen molar-refractivity contribution in [2.24, 2.45) is 0 Å². The Morgan fingerprint density at radius 2 is 1.95 bits per heavy atom. The lowest BCUT2D eigenvalue weighted by molar-refractivity contribution is 0.112. The van der Waals surface area contributed by atoms with E-state index in [1.165, 1.54) is 37.3 Å². The van der Waals surface area contributed by atoms with Gasteiger partial charge in [-0.1, -0.05) is 12.8 Å². The number of pyridine rings is 1. The van der Waals surface area contributed by atoms with Crippen molar-refractivity contribution < 1.29 is 19.4 Å². The predicted octanol–water partition coefficient (Wildman–Crippen LogP) is 5.85. The zero-order valence-corrected chi connectivity index (χ0v) is 23.8. The summed E-state index contributed by atoms with van der Waals surface area (Å²) in [4.78, 5) is 31.0. The monoisotopic (exact) mass is 548 g/mol. The molecule has 0 bridgehead atoms. The minimum absolute atomic E-state index is 0.206. The van der Waals surface area contributed by atoms with E-state index in [1.807, 2.05) is 31.2 Å². The standard InChI is InChI=1S/C24H21N3O3S.C5H11N.CH4O/c1-3-4-5-6-10-26-24(29)27-16(2)12-17-13-18(7-8-21(17)27)30-22-9-11-25-20-14-19(15-28)31-23(20)22;1-6-4-2-3-5-6;1-2/h7-9,11-15H,3-4,10H2,1-2H3,(H,26,29);2-5H2,1H3;2H,1H3. The van der Waals surface area contributed by atoms with Crippen LogP contribution in [0.2, 0.25) is 0 Å². The molecule has 1 fully saturated rings. The van der Waals surface area contributed by atoms with Crippen LogP contribution in [-0.4, -0.2) is 65.7 Å². The second kappa shape index (κ2) is 15.0. The number of aldehydes is 1. The lowest BCUT2D eigenvalue weighted by atomic mass is 10.2. The molecular weight excluding hydrogens is 512 g/mol. The second-order valence-corrected chi connectivity index (χ2v) is 10.1. The van der Waals surface area contributed by atoms with E-state index in [1.54, 1.807) is 22.9 Å². The predicted molar refractivity (Wildman–Crippen MR) is 158 cm³/mol. The van der Waals surface area contributed by atoms with Gasteiger partial charge in [0.25, 0.3) is 0 Å². The van der Waals surface area contributed by atoms with E-state index in [-0.39, 0.29) is 6.03 Å². The highest BCUT2D eigenvalue weighted by Crippen LogP contribution is 2.35. The van der Waals surface area contributed by atoms with Gasteiger partial charge in [0.1, 0.15) is 11.5 Å². The smallest absolute Gasteiger partial charge is 0.327 e. The number of fused-ring (bicyclic) bond motifs is 2. The quantitative estimate of drug-likeness (QED) is 0.240. The van der Waals surface area contributed by atoms with Gasteiger partial charge in [-0.3, -0.25) is 14.3 Å². The Kier molecular flexibility index (Phi) is 11.5. The number of nitrogens with one attached hydrogen (secondary N) is 1. The van der Waals surface area contributed by atoms with Gasteiger partial charge in [-0.25, -0.2) is 4.79 Å². The molecule has 8 nitrogen and oxygen atoms in total. The number of nitrogens with zero attached hydrogens (tertiary/aromatic N) is 3. The van der Waals surface area contributed by atoms with Crippen LogP contribution in [0.3, 0.4) is 0 Å². The van der Waals surface area contributed by atoms with E-state index in [9.17, 15) is 9.59 Å². The van der Waals surface area contributed by atoms with E-state index in [2.05, 4.69) is 41.0 Å². The molecule has 206 valence electrons. The molecule has 0 atom stereocenters. The van der Waals surface area contributed by atoms with Gasteiger partial charge in [-0.15, -0.1) is 17.3 Å². The fraction of sp³-hybridized carbons (Fsp3) is 0.367. The van der Waals surface area contributed by atoms with Gasteiger partial charge in [-0.2, -0.15) is 0 Å². The number of aryl methyl sites for hydroxylation is 1. The number of rotatable bonds is 5. The number of unbranched alkanes of at least 4 members (excludes halogenated alkanes) is 1. The number of amides is 1. The van der Waals surface area contributed by atoms with E-state index in [0.717, 1.165) is 53.1 Å².